The van der Waals surface area contributed by atoms with E-state index in [1.807, 2.05) is 67.3 Å². The molecule has 5 nitrogen and oxygen atoms in total. The number of hydrogen-bond acceptors (Lipinski definition) is 3. The topological polar surface area (TPSA) is 52.7 Å². The van der Waals surface area contributed by atoms with Crippen LogP contribution >= 0.6 is 11.8 Å². The van der Waals surface area contributed by atoms with E-state index >= 15 is 0 Å². The summed E-state index contributed by atoms with van der Waals surface area (Å²) in [6.45, 7) is 7.08. The minimum absolute atomic E-state index is 0.0498. The maximum absolute atomic E-state index is 14.1. The van der Waals surface area contributed by atoms with Crippen LogP contribution in [0.2, 0.25) is 0 Å². The first-order valence-electron chi connectivity index (χ1n) is 11.2. The number of benzene rings is 3. The van der Waals surface area contributed by atoms with E-state index in [1.165, 1.54) is 0 Å². The lowest BCUT2D eigenvalue weighted by atomic mass is 10.0. The summed E-state index contributed by atoms with van der Waals surface area (Å²) in [6.07, 6.45) is 0. The molecule has 1 saturated heterocycles. The summed E-state index contributed by atoms with van der Waals surface area (Å²) >= 11 is 1.55. The van der Waals surface area contributed by atoms with Gasteiger partial charge < -0.3 is 10.2 Å². The zero-order valence-corrected chi connectivity index (χ0v) is 19.9. The fourth-order valence-corrected chi connectivity index (χ4v) is 6.16. The van der Waals surface area contributed by atoms with Crippen molar-refractivity contribution in [1.29, 1.82) is 0 Å². The van der Waals surface area contributed by atoms with Crippen molar-refractivity contribution in [1.82, 2.24) is 4.90 Å². The maximum atomic E-state index is 14.1. The molecular weight excluding hydrogens is 430 g/mol. The van der Waals surface area contributed by atoms with Crippen LogP contribution < -0.4 is 10.2 Å². The highest BCUT2D eigenvalue weighted by atomic mass is 32.2. The Bertz CT molecular complexity index is 1240. The number of aryl methyl sites for hydroxylation is 3. The standard InChI is InChI=1S/C27H27N3O2S/c1-18-7-10-22(11-8-18)28-26(32)30-13-14-33-27(30)23-16-20(3)9-12-24(23)29(25(27)31)17-21-6-4-5-19(2)15-21/h4-12,15-16H,13-14,17H2,1-3H3,(H,28,32). The van der Waals surface area contributed by atoms with Crippen molar-refractivity contribution in [2.75, 3.05) is 22.5 Å². The zero-order valence-electron chi connectivity index (χ0n) is 19.1. The van der Waals surface area contributed by atoms with E-state index < -0.39 is 4.87 Å². The van der Waals surface area contributed by atoms with E-state index in [1.54, 1.807) is 16.7 Å². The first-order valence-corrected chi connectivity index (χ1v) is 12.1. The summed E-state index contributed by atoms with van der Waals surface area (Å²) in [7, 11) is 0. The average molecular weight is 458 g/mol. The molecule has 1 fully saturated rings. The number of anilines is 2. The molecule has 6 heteroatoms. The Balaban J connectivity index is 1.53. The summed E-state index contributed by atoms with van der Waals surface area (Å²) < 4.78 is 0. The van der Waals surface area contributed by atoms with Crippen LogP contribution in [0.25, 0.3) is 0 Å². The van der Waals surface area contributed by atoms with Gasteiger partial charge >= 0.3 is 6.03 Å². The normalized spacial score (nSPS) is 19.3. The average Bonchev–Trinajstić information content (AvgIpc) is 3.33. The van der Waals surface area contributed by atoms with Crippen molar-refractivity contribution < 1.29 is 9.59 Å². The summed E-state index contributed by atoms with van der Waals surface area (Å²) in [5.41, 5.74) is 6.95. The van der Waals surface area contributed by atoms with Crippen molar-refractivity contribution in [3.63, 3.8) is 0 Å². The van der Waals surface area contributed by atoms with Crippen molar-refractivity contribution >= 4 is 35.1 Å². The van der Waals surface area contributed by atoms with Crippen molar-refractivity contribution in [3.8, 4) is 0 Å². The highest BCUT2D eigenvalue weighted by molar-refractivity contribution is 8.01. The van der Waals surface area contributed by atoms with Crippen LogP contribution in [0.5, 0.6) is 0 Å². The van der Waals surface area contributed by atoms with Crippen molar-refractivity contribution in [3.05, 3.63) is 94.5 Å². The lowest BCUT2D eigenvalue weighted by Crippen LogP contribution is -2.51. The Hall–Kier alpha value is -3.25. The summed E-state index contributed by atoms with van der Waals surface area (Å²) in [4.78, 5) is 30.0. The molecule has 3 aromatic rings. The van der Waals surface area contributed by atoms with Gasteiger partial charge in [-0.15, -0.1) is 11.8 Å². The van der Waals surface area contributed by atoms with Gasteiger partial charge in [0.05, 0.1) is 12.2 Å². The van der Waals surface area contributed by atoms with Crippen LogP contribution in [0.3, 0.4) is 0 Å². The predicted molar refractivity (Wildman–Crippen MR) is 135 cm³/mol. The third-order valence-corrected chi connectivity index (χ3v) is 7.74. The lowest BCUT2D eigenvalue weighted by molar-refractivity contribution is -0.123. The molecule has 2 heterocycles. The van der Waals surface area contributed by atoms with Gasteiger partial charge in [-0.1, -0.05) is 65.2 Å². The summed E-state index contributed by atoms with van der Waals surface area (Å²) in [6, 6.07) is 21.8. The molecule has 3 amide bonds. The Morgan fingerprint density at radius 2 is 1.70 bits per heavy atom. The number of carbonyl (C=O) groups is 2. The quantitative estimate of drug-likeness (QED) is 0.558. The first-order chi connectivity index (χ1) is 15.9. The Morgan fingerprint density at radius 3 is 2.45 bits per heavy atom. The van der Waals surface area contributed by atoms with E-state index in [-0.39, 0.29) is 11.9 Å². The zero-order chi connectivity index (χ0) is 23.2. The molecule has 0 saturated carbocycles. The number of rotatable bonds is 3. The second kappa shape index (κ2) is 8.27. The van der Waals surface area contributed by atoms with Gasteiger partial charge in [-0.05, 0) is 44.5 Å². The van der Waals surface area contributed by atoms with E-state index in [0.29, 0.717) is 18.8 Å². The smallest absolute Gasteiger partial charge is 0.308 e. The van der Waals surface area contributed by atoms with Gasteiger partial charge in [0.2, 0.25) is 0 Å². The van der Waals surface area contributed by atoms with Crippen LogP contribution in [-0.4, -0.2) is 29.1 Å². The van der Waals surface area contributed by atoms with Crippen LogP contribution in [0, 0.1) is 20.8 Å². The van der Waals surface area contributed by atoms with E-state index in [0.717, 1.165) is 39.2 Å². The molecule has 33 heavy (non-hydrogen) atoms. The Kier molecular flexibility index (Phi) is 5.41. The molecule has 3 aromatic carbocycles. The fourth-order valence-electron chi connectivity index (χ4n) is 4.71. The minimum Gasteiger partial charge on any atom is -0.308 e. The Morgan fingerprint density at radius 1 is 0.970 bits per heavy atom. The Labute approximate surface area is 198 Å². The molecular formula is C27H27N3O2S. The minimum atomic E-state index is -1.04. The number of nitrogens with one attached hydrogen (secondary N) is 1. The predicted octanol–water partition coefficient (Wildman–Crippen LogP) is 5.59. The number of thioether (sulfide) groups is 1. The molecule has 2 aliphatic rings. The van der Waals surface area contributed by atoms with Crippen molar-refractivity contribution in [2.45, 2.75) is 32.2 Å². The third-order valence-electron chi connectivity index (χ3n) is 6.32. The fraction of sp³-hybridized carbons (Fsp3) is 0.259. The van der Waals surface area contributed by atoms with E-state index in [2.05, 4.69) is 30.4 Å². The van der Waals surface area contributed by atoms with E-state index in [9.17, 15) is 9.59 Å². The van der Waals surface area contributed by atoms with Gasteiger partial charge in [0.1, 0.15) is 0 Å². The van der Waals surface area contributed by atoms with Gasteiger partial charge in [0.25, 0.3) is 5.91 Å². The van der Waals surface area contributed by atoms with Gasteiger partial charge in [-0.2, -0.15) is 0 Å². The molecule has 0 radical (unpaired) electrons. The molecule has 1 N–H and O–H groups in total. The molecule has 2 aliphatic heterocycles. The molecule has 1 unspecified atom stereocenters. The molecule has 168 valence electrons. The number of urea groups is 1. The number of fused-ring (bicyclic) bond motifs is 2. The molecule has 5 rings (SSSR count). The lowest BCUT2D eigenvalue weighted by Gasteiger charge is -2.33. The molecule has 1 spiro atoms. The second-order valence-electron chi connectivity index (χ2n) is 8.84. The van der Waals surface area contributed by atoms with Gasteiger partial charge in [0, 0.05) is 23.5 Å². The van der Waals surface area contributed by atoms with E-state index in [4.69, 9.17) is 0 Å². The van der Waals surface area contributed by atoms with Crippen LogP contribution in [0.1, 0.15) is 27.8 Å². The SMILES string of the molecule is Cc1ccc(NC(=O)N2CCSC23C(=O)N(Cc2cccc(C)c2)c2ccc(C)cc23)cc1. The molecule has 0 bridgehead atoms. The number of nitrogens with zero attached hydrogens (tertiary/aromatic N) is 2. The third kappa shape index (κ3) is 3.68. The largest absolute Gasteiger partial charge is 0.323 e. The van der Waals surface area contributed by atoms with Gasteiger partial charge in [0.15, 0.2) is 4.87 Å². The van der Waals surface area contributed by atoms with Crippen LogP contribution in [-0.2, 0) is 16.2 Å². The van der Waals surface area contributed by atoms with Crippen LogP contribution in [0.15, 0.2) is 66.7 Å². The molecule has 0 aromatic heterocycles. The molecule has 1 atom stereocenters. The second-order valence-corrected chi connectivity index (χ2v) is 10.1. The number of hydrogen-bond donors (Lipinski definition) is 1. The van der Waals surface area contributed by atoms with Gasteiger partial charge in [-0.3, -0.25) is 9.69 Å². The highest BCUT2D eigenvalue weighted by Crippen LogP contribution is 2.54. The highest BCUT2D eigenvalue weighted by Gasteiger charge is 2.59. The van der Waals surface area contributed by atoms with Crippen molar-refractivity contribution in [2.24, 2.45) is 0 Å². The number of carbonyl (C=O) groups excluding carboxylic acids is 2. The summed E-state index contributed by atoms with van der Waals surface area (Å²) in [5, 5.41) is 3.00. The first kappa shape index (κ1) is 21.6. The number of amides is 3. The van der Waals surface area contributed by atoms with Gasteiger partial charge in [-0.25, -0.2) is 4.79 Å². The van der Waals surface area contributed by atoms with Crippen LogP contribution in [0.4, 0.5) is 16.2 Å². The maximum Gasteiger partial charge on any atom is 0.323 e. The monoisotopic (exact) mass is 457 g/mol. The molecule has 0 aliphatic carbocycles. The summed E-state index contributed by atoms with van der Waals surface area (Å²) in [5.74, 6) is 0.657.